The first kappa shape index (κ1) is 14.1. The number of aliphatic carboxylic acids is 1. The summed E-state index contributed by atoms with van der Waals surface area (Å²) in [5.74, 6) is -0.831. The van der Waals surface area contributed by atoms with E-state index in [4.69, 9.17) is 9.84 Å². The van der Waals surface area contributed by atoms with Crippen molar-refractivity contribution < 1.29 is 19.4 Å². The highest BCUT2D eigenvalue weighted by molar-refractivity contribution is 5.76. The lowest BCUT2D eigenvalue weighted by molar-refractivity contribution is -0.138. The first-order valence-corrected chi connectivity index (χ1v) is 6.92. The van der Waals surface area contributed by atoms with Crippen LogP contribution in [0.15, 0.2) is 0 Å². The van der Waals surface area contributed by atoms with Gasteiger partial charge in [-0.3, -0.25) is 4.79 Å². The SMILES string of the molecule is COC1CCN(C(=O)N2CCCC2CC(=O)O)CC1. The number of hydrogen-bond donors (Lipinski definition) is 1. The zero-order valence-electron chi connectivity index (χ0n) is 11.4. The lowest BCUT2D eigenvalue weighted by Gasteiger charge is -2.35. The number of urea groups is 1. The fourth-order valence-corrected chi connectivity index (χ4v) is 2.97. The summed E-state index contributed by atoms with van der Waals surface area (Å²) >= 11 is 0. The molecule has 1 atom stereocenters. The van der Waals surface area contributed by atoms with E-state index in [1.807, 2.05) is 4.90 Å². The fraction of sp³-hybridized carbons (Fsp3) is 0.846. The van der Waals surface area contributed by atoms with Crippen LogP contribution in [0.3, 0.4) is 0 Å². The first-order valence-electron chi connectivity index (χ1n) is 6.92. The molecule has 6 heteroatoms. The standard InChI is InChI=1S/C13H22N2O4/c1-19-11-4-7-14(8-5-11)13(18)15-6-2-3-10(15)9-12(16)17/h10-11H,2-9H2,1H3,(H,16,17). The van der Waals surface area contributed by atoms with Gasteiger partial charge in [0, 0.05) is 32.8 Å². The fourth-order valence-electron chi connectivity index (χ4n) is 2.97. The van der Waals surface area contributed by atoms with Crippen molar-refractivity contribution in [2.75, 3.05) is 26.7 Å². The van der Waals surface area contributed by atoms with Gasteiger partial charge in [-0.15, -0.1) is 0 Å². The number of carboxylic acids is 1. The van der Waals surface area contributed by atoms with E-state index in [1.165, 1.54) is 0 Å². The number of methoxy groups -OCH3 is 1. The highest BCUT2D eigenvalue weighted by Gasteiger charge is 2.34. The van der Waals surface area contributed by atoms with Crippen molar-refractivity contribution in [1.29, 1.82) is 0 Å². The Labute approximate surface area is 113 Å². The minimum absolute atomic E-state index is 0.00157. The molecule has 6 nitrogen and oxygen atoms in total. The second-order valence-electron chi connectivity index (χ2n) is 5.29. The van der Waals surface area contributed by atoms with Crippen molar-refractivity contribution in [3.05, 3.63) is 0 Å². The van der Waals surface area contributed by atoms with E-state index in [9.17, 15) is 9.59 Å². The van der Waals surface area contributed by atoms with Crippen LogP contribution in [0.25, 0.3) is 0 Å². The largest absolute Gasteiger partial charge is 0.481 e. The van der Waals surface area contributed by atoms with E-state index >= 15 is 0 Å². The topological polar surface area (TPSA) is 70.1 Å². The molecule has 19 heavy (non-hydrogen) atoms. The maximum absolute atomic E-state index is 12.4. The third-order valence-electron chi connectivity index (χ3n) is 4.08. The quantitative estimate of drug-likeness (QED) is 0.835. The lowest BCUT2D eigenvalue weighted by Crippen LogP contribution is -2.49. The van der Waals surface area contributed by atoms with E-state index in [2.05, 4.69) is 0 Å². The van der Waals surface area contributed by atoms with Crippen LogP contribution in [0, 0.1) is 0 Å². The molecule has 2 aliphatic rings. The van der Waals surface area contributed by atoms with Gasteiger partial charge in [0.2, 0.25) is 0 Å². The monoisotopic (exact) mass is 270 g/mol. The maximum Gasteiger partial charge on any atom is 0.320 e. The van der Waals surface area contributed by atoms with Crippen molar-refractivity contribution in [3.63, 3.8) is 0 Å². The summed E-state index contributed by atoms with van der Waals surface area (Å²) in [5, 5.41) is 8.88. The molecule has 0 spiro atoms. The molecule has 0 aliphatic carbocycles. The average Bonchev–Trinajstić information content (AvgIpc) is 2.85. The zero-order valence-corrected chi connectivity index (χ0v) is 11.4. The van der Waals surface area contributed by atoms with Crippen molar-refractivity contribution in [2.24, 2.45) is 0 Å². The van der Waals surface area contributed by atoms with Crippen LogP contribution >= 0.6 is 0 Å². The van der Waals surface area contributed by atoms with E-state index in [0.29, 0.717) is 19.6 Å². The van der Waals surface area contributed by atoms with Gasteiger partial charge in [-0.2, -0.15) is 0 Å². The molecule has 108 valence electrons. The van der Waals surface area contributed by atoms with Gasteiger partial charge in [0.25, 0.3) is 0 Å². The van der Waals surface area contributed by atoms with E-state index < -0.39 is 5.97 Å². The summed E-state index contributed by atoms with van der Waals surface area (Å²) < 4.78 is 5.29. The zero-order chi connectivity index (χ0) is 13.8. The van der Waals surface area contributed by atoms with Gasteiger partial charge >= 0.3 is 12.0 Å². The van der Waals surface area contributed by atoms with Crippen LogP contribution in [-0.4, -0.2) is 65.8 Å². The van der Waals surface area contributed by atoms with Crippen molar-refractivity contribution >= 4 is 12.0 Å². The van der Waals surface area contributed by atoms with Crippen molar-refractivity contribution in [1.82, 2.24) is 9.80 Å². The predicted octanol–water partition coefficient (Wildman–Crippen LogP) is 1.16. The number of ether oxygens (including phenoxy) is 1. The Morgan fingerprint density at radius 2 is 1.89 bits per heavy atom. The number of amides is 2. The molecule has 0 saturated carbocycles. The van der Waals surface area contributed by atoms with Gasteiger partial charge in [0.1, 0.15) is 0 Å². The Hall–Kier alpha value is -1.30. The van der Waals surface area contributed by atoms with Crippen LogP contribution in [0.2, 0.25) is 0 Å². The van der Waals surface area contributed by atoms with Gasteiger partial charge in [-0.25, -0.2) is 4.79 Å². The van der Waals surface area contributed by atoms with Gasteiger partial charge in [-0.05, 0) is 25.7 Å². The van der Waals surface area contributed by atoms with Crippen LogP contribution < -0.4 is 0 Å². The second kappa shape index (κ2) is 6.23. The molecule has 2 rings (SSSR count). The number of likely N-dealkylation sites (tertiary alicyclic amines) is 2. The normalized spacial score (nSPS) is 24.8. The average molecular weight is 270 g/mol. The lowest BCUT2D eigenvalue weighted by atomic mass is 10.1. The molecule has 2 saturated heterocycles. The summed E-state index contributed by atoms with van der Waals surface area (Å²) in [7, 11) is 1.70. The molecule has 2 fully saturated rings. The molecular weight excluding hydrogens is 248 g/mol. The molecule has 2 aliphatic heterocycles. The van der Waals surface area contributed by atoms with E-state index in [0.717, 1.165) is 25.7 Å². The highest BCUT2D eigenvalue weighted by atomic mass is 16.5. The number of carbonyl (C=O) groups excluding carboxylic acids is 1. The Balaban J connectivity index is 1.90. The number of carboxylic acid groups (broad SMARTS) is 1. The third kappa shape index (κ3) is 3.37. The van der Waals surface area contributed by atoms with E-state index in [1.54, 1.807) is 12.0 Å². The van der Waals surface area contributed by atoms with Crippen molar-refractivity contribution in [2.45, 2.75) is 44.2 Å². The van der Waals surface area contributed by atoms with Crippen LogP contribution in [0.5, 0.6) is 0 Å². The molecule has 0 aromatic heterocycles. The number of carbonyl (C=O) groups is 2. The summed E-state index contributed by atoms with van der Waals surface area (Å²) in [4.78, 5) is 26.8. The van der Waals surface area contributed by atoms with Gasteiger partial charge < -0.3 is 19.6 Å². The second-order valence-corrected chi connectivity index (χ2v) is 5.29. The van der Waals surface area contributed by atoms with Crippen LogP contribution in [-0.2, 0) is 9.53 Å². The predicted molar refractivity (Wildman–Crippen MR) is 69.0 cm³/mol. The molecular formula is C13H22N2O4. The molecule has 1 N–H and O–H groups in total. The summed E-state index contributed by atoms with van der Waals surface area (Å²) in [6, 6.07) is -0.136. The summed E-state index contributed by atoms with van der Waals surface area (Å²) in [5.41, 5.74) is 0. The minimum Gasteiger partial charge on any atom is -0.481 e. The maximum atomic E-state index is 12.4. The number of piperidine rings is 1. The highest BCUT2D eigenvalue weighted by Crippen LogP contribution is 2.23. The first-order chi connectivity index (χ1) is 9.11. The summed E-state index contributed by atoms with van der Waals surface area (Å²) in [6.45, 7) is 2.09. The van der Waals surface area contributed by atoms with Crippen molar-refractivity contribution in [3.8, 4) is 0 Å². The Bertz CT molecular complexity index is 340. The van der Waals surface area contributed by atoms with Gasteiger partial charge in [-0.1, -0.05) is 0 Å². The van der Waals surface area contributed by atoms with E-state index in [-0.39, 0.29) is 24.6 Å². The third-order valence-corrected chi connectivity index (χ3v) is 4.08. The molecule has 0 radical (unpaired) electrons. The Morgan fingerprint density at radius 3 is 2.47 bits per heavy atom. The molecule has 2 heterocycles. The van der Waals surface area contributed by atoms with Gasteiger partial charge in [0.15, 0.2) is 0 Å². The Kier molecular flexibility index (Phi) is 4.63. The van der Waals surface area contributed by atoms with Crippen LogP contribution in [0.4, 0.5) is 4.79 Å². The number of nitrogens with zero attached hydrogens (tertiary/aromatic N) is 2. The van der Waals surface area contributed by atoms with Crippen LogP contribution in [0.1, 0.15) is 32.1 Å². The smallest absolute Gasteiger partial charge is 0.320 e. The Morgan fingerprint density at radius 1 is 1.21 bits per heavy atom. The number of hydrogen-bond acceptors (Lipinski definition) is 3. The molecule has 0 bridgehead atoms. The molecule has 2 amide bonds. The molecule has 1 unspecified atom stereocenters. The molecule has 0 aromatic carbocycles. The van der Waals surface area contributed by atoms with Gasteiger partial charge in [0.05, 0.1) is 12.5 Å². The number of rotatable bonds is 3. The molecule has 0 aromatic rings. The summed E-state index contributed by atoms with van der Waals surface area (Å²) in [6.07, 6.45) is 3.72. The minimum atomic E-state index is -0.831.